The standard InChI is InChI=1S/C20H20N2O4/c23-19-12-26-18-10-15(5-6-16(18)22-19)20(24)21-11-13-7-8-25-17-4-2-1-3-14(17)9-13/h1-6,10,13H,7-9,11-12H2,(H,21,24)(H,22,23). The van der Waals surface area contributed by atoms with E-state index in [1.54, 1.807) is 18.2 Å². The molecule has 134 valence electrons. The Balaban J connectivity index is 1.39. The molecule has 0 aromatic heterocycles. The van der Waals surface area contributed by atoms with Crippen LogP contribution in [-0.2, 0) is 11.2 Å². The zero-order chi connectivity index (χ0) is 17.9. The third-order valence-electron chi connectivity index (χ3n) is 4.69. The summed E-state index contributed by atoms with van der Waals surface area (Å²) < 4.78 is 11.1. The van der Waals surface area contributed by atoms with E-state index in [1.807, 2.05) is 18.2 Å². The molecule has 1 unspecified atom stereocenters. The molecule has 26 heavy (non-hydrogen) atoms. The molecular weight excluding hydrogens is 332 g/mol. The molecule has 6 heteroatoms. The minimum absolute atomic E-state index is 0.0282. The van der Waals surface area contributed by atoms with Crippen LogP contribution in [0.15, 0.2) is 42.5 Å². The number of amides is 2. The fourth-order valence-electron chi connectivity index (χ4n) is 3.29. The molecule has 4 rings (SSSR count). The van der Waals surface area contributed by atoms with E-state index in [9.17, 15) is 9.59 Å². The van der Waals surface area contributed by atoms with Crippen LogP contribution in [0.4, 0.5) is 5.69 Å². The minimum atomic E-state index is -0.189. The zero-order valence-corrected chi connectivity index (χ0v) is 14.3. The predicted octanol–water partition coefficient (Wildman–Crippen LogP) is 2.39. The second kappa shape index (κ2) is 7.07. The van der Waals surface area contributed by atoms with Gasteiger partial charge < -0.3 is 20.1 Å². The Morgan fingerprint density at radius 3 is 2.96 bits per heavy atom. The first kappa shape index (κ1) is 16.4. The van der Waals surface area contributed by atoms with Crippen LogP contribution < -0.4 is 20.1 Å². The molecule has 1 atom stereocenters. The molecule has 0 saturated heterocycles. The Hall–Kier alpha value is -3.02. The fraction of sp³-hybridized carbons (Fsp3) is 0.300. The van der Waals surface area contributed by atoms with Crippen molar-refractivity contribution in [2.45, 2.75) is 12.8 Å². The molecule has 0 aliphatic carbocycles. The first-order chi connectivity index (χ1) is 12.7. The van der Waals surface area contributed by atoms with Crippen molar-refractivity contribution in [2.24, 2.45) is 5.92 Å². The number of para-hydroxylation sites is 1. The van der Waals surface area contributed by atoms with Gasteiger partial charge in [-0.3, -0.25) is 9.59 Å². The monoisotopic (exact) mass is 352 g/mol. The SMILES string of the molecule is O=C1COc2cc(C(=O)NCC3CCOc4ccccc4C3)ccc2N1. The van der Waals surface area contributed by atoms with Gasteiger partial charge >= 0.3 is 0 Å². The van der Waals surface area contributed by atoms with Gasteiger partial charge in [0.15, 0.2) is 6.61 Å². The topological polar surface area (TPSA) is 76.7 Å². The van der Waals surface area contributed by atoms with Crippen LogP contribution in [0.1, 0.15) is 22.3 Å². The zero-order valence-electron chi connectivity index (χ0n) is 14.3. The molecule has 2 heterocycles. The number of carbonyl (C=O) groups excluding carboxylic acids is 2. The third-order valence-corrected chi connectivity index (χ3v) is 4.69. The highest BCUT2D eigenvalue weighted by Crippen LogP contribution is 2.29. The summed E-state index contributed by atoms with van der Waals surface area (Å²) in [6.45, 7) is 1.22. The normalized spacial score (nSPS) is 18.3. The van der Waals surface area contributed by atoms with Gasteiger partial charge in [-0.25, -0.2) is 0 Å². The van der Waals surface area contributed by atoms with Gasteiger partial charge in [0.25, 0.3) is 11.8 Å². The maximum Gasteiger partial charge on any atom is 0.262 e. The number of ether oxygens (including phenoxy) is 2. The number of hydrogen-bond donors (Lipinski definition) is 2. The first-order valence-corrected chi connectivity index (χ1v) is 8.74. The van der Waals surface area contributed by atoms with E-state index >= 15 is 0 Å². The van der Waals surface area contributed by atoms with Crippen LogP contribution in [0.25, 0.3) is 0 Å². The number of rotatable bonds is 3. The molecule has 2 aromatic carbocycles. The van der Waals surface area contributed by atoms with Crippen LogP contribution in [-0.4, -0.2) is 31.6 Å². The Morgan fingerprint density at radius 1 is 1.15 bits per heavy atom. The number of benzene rings is 2. The number of carbonyl (C=O) groups is 2. The number of fused-ring (bicyclic) bond motifs is 2. The second-order valence-electron chi connectivity index (χ2n) is 6.57. The van der Waals surface area contributed by atoms with Gasteiger partial charge in [-0.15, -0.1) is 0 Å². The van der Waals surface area contributed by atoms with Crippen molar-refractivity contribution in [1.82, 2.24) is 5.32 Å². The van der Waals surface area contributed by atoms with Crippen LogP contribution in [0, 0.1) is 5.92 Å². The van der Waals surface area contributed by atoms with Crippen LogP contribution in [0.2, 0.25) is 0 Å². The van der Waals surface area contributed by atoms with Gasteiger partial charge in [-0.1, -0.05) is 18.2 Å². The van der Waals surface area contributed by atoms with Crippen molar-refractivity contribution in [3.63, 3.8) is 0 Å². The maximum atomic E-state index is 12.5. The lowest BCUT2D eigenvalue weighted by atomic mass is 9.97. The Labute approximate surface area is 151 Å². The second-order valence-corrected chi connectivity index (χ2v) is 6.57. The maximum absolute atomic E-state index is 12.5. The van der Waals surface area contributed by atoms with Crippen molar-refractivity contribution in [3.8, 4) is 11.5 Å². The van der Waals surface area contributed by atoms with E-state index in [2.05, 4.69) is 16.7 Å². The van der Waals surface area contributed by atoms with Crippen LogP contribution >= 0.6 is 0 Å². The van der Waals surface area contributed by atoms with E-state index in [0.717, 1.165) is 18.6 Å². The summed E-state index contributed by atoms with van der Waals surface area (Å²) in [5.41, 5.74) is 2.29. The van der Waals surface area contributed by atoms with Crippen LogP contribution in [0.5, 0.6) is 11.5 Å². The van der Waals surface area contributed by atoms with Gasteiger partial charge in [0.2, 0.25) is 0 Å². The van der Waals surface area contributed by atoms with Crippen LogP contribution in [0.3, 0.4) is 0 Å². The fourth-order valence-corrected chi connectivity index (χ4v) is 3.29. The van der Waals surface area contributed by atoms with E-state index in [-0.39, 0.29) is 18.4 Å². The molecule has 0 fully saturated rings. The summed E-state index contributed by atoms with van der Waals surface area (Å²) in [6.07, 6.45) is 1.78. The Morgan fingerprint density at radius 2 is 2.04 bits per heavy atom. The highest BCUT2D eigenvalue weighted by atomic mass is 16.5. The van der Waals surface area contributed by atoms with Gasteiger partial charge in [0, 0.05) is 12.1 Å². The van der Waals surface area contributed by atoms with Crippen molar-refractivity contribution < 1.29 is 19.1 Å². The van der Waals surface area contributed by atoms with Crippen molar-refractivity contribution >= 4 is 17.5 Å². The lowest BCUT2D eigenvalue weighted by Gasteiger charge is -2.19. The summed E-state index contributed by atoms with van der Waals surface area (Å²) in [5, 5.41) is 5.72. The highest BCUT2D eigenvalue weighted by molar-refractivity contribution is 5.98. The van der Waals surface area contributed by atoms with Gasteiger partial charge in [-0.05, 0) is 48.6 Å². The van der Waals surface area contributed by atoms with Gasteiger partial charge in [-0.2, -0.15) is 0 Å². The van der Waals surface area contributed by atoms with E-state index < -0.39 is 0 Å². The van der Waals surface area contributed by atoms with Crippen molar-refractivity contribution in [2.75, 3.05) is 25.1 Å². The number of hydrogen-bond acceptors (Lipinski definition) is 4. The van der Waals surface area contributed by atoms with Gasteiger partial charge in [0.1, 0.15) is 11.5 Å². The molecule has 6 nitrogen and oxygen atoms in total. The lowest BCUT2D eigenvalue weighted by molar-refractivity contribution is -0.118. The average molecular weight is 352 g/mol. The molecule has 2 amide bonds. The molecular formula is C20H20N2O4. The summed E-state index contributed by atoms with van der Waals surface area (Å²) in [5.74, 6) is 1.46. The summed E-state index contributed by atoms with van der Waals surface area (Å²) in [7, 11) is 0. The average Bonchev–Trinajstić information content (AvgIpc) is 2.87. The lowest BCUT2D eigenvalue weighted by Crippen LogP contribution is -2.31. The molecule has 2 aliphatic rings. The molecule has 0 saturated carbocycles. The number of nitrogens with one attached hydrogen (secondary N) is 2. The largest absolute Gasteiger partial charge is 0.493 e. The molecule has 0 radical (unpaired) electrons. The highest BCUT2D eigenvalue weighted by Gasteiger charge is 2.20. The van der Waals surface area contributed by atoms with Gasteiger partial charge in [0.05, 0.1) is 12.3 Å². The predicted molar refractivity (Wildman–Crippen MR) is 96.6 cm³/mol. The van der Waals surface area contributed by atoms with E-state index in [4.69, 9.17) is 9.47 Å². The first-order valence-electron chi connectivity index (χ1n) is 8.74. The third kappa shape index (κ3) is 3.49. The van der Waals surface area contributed by atoms with E-state index in [0.29, 0.717) is 36.1 Å². The van der Waals surface area contributed by atoms with Crippen molar-refractivity contribution in [1.29, 1.82) is 0 Å². The quantitative estimate of drug-likeness (QED) is 0.889. The Bertz CT molecular complexity index is 849. The number of anilines is 1. The minimum Gasteiger partial charge on any atom is -0.493 e. The smallest absolute Gasteiger partial charge is 0.262 e. The molecule has 2 N–H and O–H groups in total. The molecule has 2 aliphatic heterocycles. The molecule has 0 spiro atoms. The summed E-state index contributed by atoms with van der Waals surface area (Å²) in [6, 6.07) is 13.1. The molecule has 0 bridgehead atoms. The molecule has 2 aromatic rings. The Kier molecular flexibility index (Phi) is 4.48. The van der Waals surface area contributed by atoms with Crippen molar-refractivity contribution in [3.05, 3.63) is 53.6 Å². The summed E-state index contributed by atoms with van der Waals surface area (Å²) >= 11 is 0. The summed E-state index contributed by atoms with van der Waals surface area (Å²) in [4.78, 5) is 23.8. The van der Waals surface area contributed by atoms with E-state index in [1.165, 1.54) is 5.56 Å².